The van der Waals surface area contributed by atoms with Crippen molar-refractivity contribution in [2.75, 3.05) is 13.7 Å². The van der Waals surface area contributed by atoms with Crippen LogP contribution in [0.3, 0.4) is 0 Å². The van der Waals surface area contributed by atoms with Gasteiger partial charge in [-0.1, -0.05) is 11.3 Å². The Kier molecular flexibility index (Phi) is 3.65. The van der Waals surface area contributed by atoms with Crippen molar-refractivity contribution in [3.05, 3.63) is 29.0 Å². The molecule has 0 radical (unpaired) electrons. The summed E-state index contributed by atoms with van der Waals surface area (Å²) in [6, 6.07) is 4.32. The zero-order valence-corrected chi connectivity index (χ0v) is 10.1. The van der Waals surface area contributed by atoms with Crippen LogP contribution in [0.1, 0.15) is 5.01 Å². The van der Waals surface area contributed by atoms with Gasteiger partial charge in [0.1, 0.15) is 16.6 Å². The first kappa shape index (κ1) is 11.9. The fourth-order valence-corrected chi connectivity index (χ4v) is 2.31. The minimum absolute atomic E-state index is 0.323. The lowest BCUT2D eigenvalue weighted by Gasteiger charge is -2.04. The zero-order chi connectivity index (χ0) is 12.3. The molecule has 0 bridgehead atoms. The summed E-state index contributed by atoms with van der Waals surface area (Å²) in [6.45, 7) is 0.523. The fourth-order valence-electron chi connectivity index (χ4n) is 1.43. The van der Waals surface area contributed by atoms with Crippen LogP contribution in [0, 0.1) is 5.82 Å². The summed E-state index contributed by atoms with van der Waals surface area (Å²) in [7, 11) is 1.54. The molecule has 0 aliphatic carbocycles. The highest BCUT2D eigenvalue weighted by Gasteiger charge is 2.12. The van der Waals surface area contributed by atoms with Gasteiger partial charge in [0.15, 0.2) is 5.01 Å². The first-order valence-corrected chi connectivity index (χ1v) is 5.92. The molecule has 0 saturated carbocycles. The molecule has 2 rings (SSSR count). The minimum Gasteiger partial charge on any atom is -0.496 e. The van der Waals surface area contributed by atoms with E-state index in [0.29, 0.717) is 29.3 Å². The second-order valence-corrected chi connectivity index (χ2v) is 4.45. The molecule has 6 heteroatoms. The Morgan fingerprint density at radius 2 is 2.24 bits per heavy atom. The van der Waals surface area contributed by atoms with E-state index in [2.05, 4.69) is 10.2 Å². The fraction of sp³-hybridized carbons (Fsp3) is 0.273. The van der Waals surface area contributed by atoms with Gasteiger partial charge >= 0.3 is 0 Å². The standard InChI is InChI=1S/C11H12FN3OS/c1-16-9-3-2-7(12)6-8(9)11-15-14-10(17-11)4-5-13/h2-3,6H,4-5,13H2,1H3. The summed E-state index contributed by atoms with van der Waals surface area (Å²) in [6.07, 6.45) is 0.676. The molecule has 0 spiro atoms. The van der Waals surface area contributed by atoms with Crippen LogP contribution in [-0.4, -0.2) is 23.9 Å². The van der Waals surface area contributed by atoms with Crippen molar-refractivity contribution in [2.24, 2.45) is 5.73 Å². The van der Waals surface area contributed by atoms with Crippen LogP contribution in [0.25, 0.3) is 10.6 Å². The number of hydrogen-bond acceptors (Lipinski definition) is 5. The van der Waals surface area contributed by atoms with Crippen LogP contribution in [0.2, 0.25) is 0 Å². The molecule has 1 heterocycles. The van der Waals surface area contributed by atoms with Crippen LogP contribution < -0.4 is 10.5 Å². The topological polar surface area (TPSA) is 61.0 Å². The normalized spacial score (nSPS) is 10.5. The summed E-state index contributed by atoms with van der Waals surface area (Å²) >= 11 is 1.40. The van der Waals surface area contributed by atoms with Gasteiger partial charge in [-0.25, -0.2) is 4.39 Å². The van der Waals surface area contributed by atoms with E-state index in [9.17, 15) is 4.39 Å². The first-order chi connectivity index (χ1) is 8.24. The molecule has 0 aliphatic heterocycles. The van der Waals surface area contributed by atoms with Gasteiger partial charge in [0.05, 0.1) is 12.7 Å². The van der Waals surface area contributed by atoms with E-state index in [1.807, 2.05) is 0 Å². The van der Waals surface area contributed by atoms with Crippen molar-refractivity contribution in [2.45, 2.75) is 6.42 Å². The number of rotatable bonds is 4. The van der Waals surface area contributed by atoms with Crippen LogP contribution in [0.5, 0.6) is 5.75 Å². The molecule has 0 amide bonds. The SMILES string of the molecule is COc1ccc(F)cc1-c1nnc(CCN)s1. The minimum atomic E-state index is -0.323. The number of nitrogens with two attached hydrogens (primary N) is 1. The van der Waals surface area contributed by atoms with E-state index in [1.54, 1.807) is 13.2 Å². The second kappa shape index (κ2) is 5.20. The maximum atomic E-state index is 13.2. The third-order valence-corrected chi connectivity index (χ3v) is 3.23. The van der Waals surface area contributed by atoms with Crippen molar-refractivity contribution in [1.29, 1.82) is 0 Å². The smallest absolute Gasteiger partial charge is 0.151 e. The van der Waals surface area contributed by atoms with Gasteiger partial charge in [0.2, 0.25) is 0 Å². The van der Waals surface area contributed by atoms with Gasteiger partial charge < -0.3 is 10.5 Å². The van der Waals surface area contributed by atoms with Crippen molar-refractivity contribution >= 4 is 11.3 Å². The molecular formula is C11H12FN3OS. The van der Waals surface area contributed by atoms with Gasteiger partial charge in [-0.15, -0.1) is 10.2 Å². The molecule has 0 aliphatic rings. The average Bonchev–Trinajstić information content (AvgIpc) is 2.78. The maximum absolute atomic E-state index is 13.2. The predicted octanol–water partition coefficient (Wildman–Crippen LogP) is 1.85. The molecule has 1 aromatic heterocycles. The Balaban J connectivity index is 2.40. The van der Waals surface area contributed by atoms with E-state index < -0.39 is 0 Å². The van der Waals surface area contributed by atoms with E-state index in [-0.39, 0.29) is 5.82 Å². The highest BCUT2D eigenvalue weighted by atomic mass is 32.1. The Hall–Kier alpha value is -1.53. The van der Waals surface area contributed by atoms with Crippen LogP contribution >= 0.6 is 11.3 Å². The van der Waals surface area contributed by atoms with Crippen molar-refractivity contribution in [1.82, 2.24) is 10.2 Å². The molecule has 4 nitrogen and oxygen atoms in total. The molecule has 17 heavy (non-hydrogen) atoms. The summed E-state index contributed by atoms with van der Waals surface area (Å²) in [5.74, 6) is 0.262. The lowest BCUT2D eigenvalue weighted by Crippen LogP contribution is -2.01. The Bertz CT molecular complexity index is 515. The number of benzene rings is 1. The summed E-state index contributed by atoms with van der Waals surface area (Å²) < 4.78 is 18.4. The molecule has 2 N–H and O–H groups in total. The lowest BCUT2D eigenvalue weighted by atomic mass is 10.2. The Morgan fingerprint density at radius 1 is 1.41 bits per heavy atom. The van der Waals surface area contributed by atoms with E-state index >= 15 is 0 Å². The number of methoxy groups -OCH3 is 1. The number of nitrogens with zero attached hydrogens (tertiary/aromatic N) is 2. The summed E-state index contributed by atoms with van der Waals surface area (Å²) in [5, 5.41) is 9.50. The molecule has 90 valence electrons. The average molecular weight is 253 g/mol. The van der Waals surface area contributed by atoms with Crippen LogP contribution in [-0.2, 0) is 6.42 Å². The van der Waals surface area contributed by atoms with Gasteiger partial charge in [0, 0.05) is 6.42 Å². The maximum Gasteiger partial charge on any atom is 0.151 e. The molecule has 0 atom stereocenters. The first-order valence-electron chi connectivity index (χ1n) is 5.11. The second-order valence-electron chi connectivity index (χ2n) is 3.38. The van der Waals surface area contributed by atoms with Crippen molar-refractivity contribution in [3.8, 4) is 16.3 Å². The number of halogens is 1. The number of aromatic nitrogens is 2. The molecule has 0 saturated heterocycles. The lowest BCUT2D eigenvalue weighted by molar-refractivity contribution is 0.415. The molecular weight excluding hydrogens is 241 g/mol. The zero-order valence-electron chi connectivity index (χ0n) is 9.31. The molecule has 0 fully saturated rings. The van der Waals surface area contributed by atoms with Crippen molar-refractivity contribution in [3.63, 3.8) is 0 Å². The van der Waals surface area contributed by atoms with Gasteiger partial charge in [-0.2, -0.15) is 0 Å². The van der Waals surface area contributed by atoms with E-state index in [4.69, 9.17) is 10.5 Å². The van der Waals surface area contributed by atoms with E-state index in [0.717, 1.165) is 5.01 Å². The van der Waals surface area contributed by atoms with Gasteiger partial charge in [0.25, 0.3) is 0 Å². The predicted molar refractivity (Wildman–Crippen MR) is 64.6 cm³/mol. The monoisotopic (exact) mass is 253 g/mol. The molecule has 0 unspecified atom stereocenters. The number of hydrogen-bond donors (Lipinski definition) is 1. The third-order valence-electron chi connectivity index (χ3n) is 2.22. The van der Waals surface area contributed by atoms with Crippen LogP contribution in [0.4, 0.5) is 4.39 Å². The molecule has 1 aromatic carbocycles. The Morgan fingerprint density at radius 3 is 2.94 bits per heavy atom. The third kappa shape index (κ3) is 2.59. The van der Waals surface area contributed by atoms with Gasteiger partial charge in [-0.05, 0) is 24.7 Å². The van der Waals surface area contributed by atoms with Crippen LogP contribution in [0.15, 0.2) is 18.2 Å². The summed E-state index contributed by atoms with van der Waals surface area (Å²) in [4.78, 5) is 0. The van der Waals surface area contributed by atoms with Crippen molar-refractivity contribution < 1.29 is 9.13 Å². The summed E-state index contributed by atoms with van der Waals surface area (Å²) in [5.41, 5.74) is 6.06. The highest BCUT2D eigenvalue weighted by molar-refractivity contribution is 7.14. The quantitative estimate of drug-likeness (QED) is 0.903. The van der Waals surface area contributed by atoms with E-state index in [1.165, 1.54) is 23.5 Å². The largest absolute Gasteiger partial charge is 0.496 e. The molecule has 2 aromatic rings. The van der Waals surface area contributed by atoms with Gasteiger partial charge in [-0.3, -0.25) is 0 Å². The Labute approximate surface area is 102 Å². The highest BCUT2D eigenvalue weighted by Crippen LogP contribution is 2.32. The number of ether oxygens (including phenoxy) is 1.